The summed E-state index contributed by atoms with van der Waals surface area (Å²) in [6, 6.07) is 2.47. The first-order valence-electron chi connectivity index (χ1n) is 6.61. The molecule has 0 amide bonds. The lowest BCUT2D eigenvalue weighted by molar-refractivity contribution is -0.131. The van der Waals surface area contributed by atoms with E-state index >= 15 is 0 Å². The molecule has 0 aliphatic heterocycles. The van der Waals surface area contributed by atoms with Crippen LogP contribution in [-0.4, -0.2) is 48.3 Å². The summed E-state index contributed by atoms with van der Waals surface area (Å²) in [7, 11) is 3.69. The number of rotatable bonds is 7. The van der Waals surface area contributed by atoms with E-state index in [1.807, 2.05) is 24.9 Å². The van der Waals surface area contributed by atoms with E-state index in [9.17, 15) is 0 Å². The van der Waals surface area contributed by atoms with Crippen molar-refractivity contribution in [3.05, 3.63) is 18.0 Å². The van der Waals surface area contributed by atoms with Gasteiger partial charge in [0.15, 0.2) is 0 Å². The van der Waals surface area contributed by atoms with Crippen LogP contribution in [0.15, 0.2) is 12.3 Å². The zero-order valence-corrected chi connectivity index (χ0v) is 11.4. The van der Waals surface area contributed by atoms with E-state index in [1.54, 1.807) is 7.11 Å². The van der Waals surface area contributed by atoms with Crippen molar-refractivity contribution in [3.63, 3.8) is 0 Å². The average molecular weight is 253 g/mol. The van der Waals surface area contributed by atoms with Gasteiger partial charge in [-0.05, 0) is 19.4 Å². The monoisotopic (exact) mass is 253 g/mol. The lowest BCUT2D eigenvalue weighted by Crippen LogP contribution is -2.60. The van der Waals surface area contributed by atoms with Crippen LogP contribution in [0, 0.1) is 0 Å². The van der Waals surface area contributed by atoms with Crippen molar-refractivity contribution in [2.75, 3.05) is 20.3 Å². The zero-order chi connectivity index (χ0) is 13.0. The molecule has 0 saturated heterocycles. The molecule has 3 unspecified atom stereocenters. The van der Waals surface area contributed by atoms with E-state index in [-0.39, 0.29) is 12.2 Å². The number of methoxy groups -OCH3 is 1. The van der Waals surface area contributed by atoms with Gasteiger partial charge >= 0.3 is 0 Å². The molecule has 102 valence electrons. The number of aromatic nitrogens is 2. The van der Waals surface area contributed by atoms with Crippen LogP contribution in [-0.2, 0) is 22.9 Å². The molecule has 0 radical (unpaired) electrons. The number of ether oxygens (including phenoxy) is 2. The van der Waals surface area contributed by atoms with Crippen molar-refractivity contribution < 1.29 is 9.47 Å². The number of nitrogens with zero attached hydrogens (tertiary/aromatic N) is 2. The smallest absolute Gasteiger partial charge is 0.0986 e. The lowest BCUT2D eigenvalue weighted by atomic mass is 9.85. The molecule has 18 heavy (non-hydrogen) atoms. The third kappa shape index (κ3) is 3.10. The average Bonchev–Trinajstić information content (AvgIpc) is 2.73. The van der Waals surface area contributed by atoms with Gasteiger partial charge in [0, 0.05) is 46.0 Å². The highest BCUT2D eigenvalue weighted by Gasteiger charge is 2.41. The minimum atomic E-state index is 0.189. The molecule has 1 fully saturated rings. The Balaban J connectivity index is 1.68. The molecule has 0 spiro atoms. The maximum Gasteiger partial charge on any atom is 0.0986 e. The maximum absolute atomic E-state index is 5.60. The molecule has 1 aliphatic rings. The molecule has 1 aromatic heterocycles. The van der Waals surface area contributed by atoms with Crippen LogP contribution in [0.5, 0.6) is 0 Å². The number of nitrogens with one attached hydrogen (secondary N) is 1. The van der Waals surface area contributed by atoms with Crippen LogP contribution in [0.25, 0.3) is 0 Å². The predicted octanol–water partition coefficient (Wildman–Crippen LogP) is 0.745. The van der Waals surface area contributed by atoms with Crippen molar-refractivity contribution in [2.24, 2.45) is 7.05 Å². The lowest BCUT2D eigenvalue weighted by Gasteiger charge is -2.43. The van der Waals surface area contributed by atoms with Gasteiger partial charge in [0.05, 0.1) is 17.9 Å². The Kier molecular flexibility index (Phi) is 4.74. The number of hydrogen-bond donors (Lipinski definition) is 1. The van der Waals surface area contributed by atoms with Gasteiger partial charge in [0.1, 0.15) is 0 Å². The molecular formula is C13H23N3O2. The van der Waals surface area contributed by atoms with E-state index < -0.39 is 0 Å². The molecule has 0 bridgehead atoms. The van der Waals surface area contributed by atoms with Gasteiger partial charge in [-0.1, -0.05) is 0 Å². The second-order valence-corrected chi connectivity index (χ2v) is 4.72. The highest BCUT2D eigenvalue weighted by molar-refractivity contribution is 5.01. The summed E-state index contributed by atoms with van der Waals surface area (Å²) in [5.41, 5.74) is 1.12. The Bertz CT molecular complexity index is 367. The molecule has 5 heteroatoms. The Labute approximate surface area is 108 Å². The second kappa shape index (κ2) is 6.31. The second-order valence-electron chi connectivity index (χ2n) is 4.72. The first-order valence-corrected chi connectivity index (χ1v) is 6.61. The molecule has 3 atom stereocenters. The molecule has 0 aromatic carbocycles. The van der Waals surface area contributed by atoms with Crippen molar-refractivity contribution in [1.82, 2.24) is 15.1 Å². The normalized spacial score (nSPS) is 27.2. The molecule has 1 saturated carbocycles. The fourth-order valence-electron chi connectivity index (χ4n) is 2.46. The third-order valence-electron chi connectivity index (χ3n) is 3.46. The number of aryl methyl sites for hydroxylation is 1. The van der Waals surface area contributed by atoms with E-state index in [2.05, 4.69) is 16.5 Å². The van der Waals surface area contributed by atoms with Gasteiger partial charge in [-0.15, -0.1) is 0 Å². The van der Waals surface area contributed by atoms with Gasteiger partial charge in [-0.25, -0.2) is 0 Å². The number of hydrogen-bond acceptors (Lipinski definition) is 4. The van der Waals surface area contributed by atoms with Crippen molar-refractivity contribution in [1.29, 1.82) is 0 Å². The van der Waals surface area contributed by atoms with Crippen LogP contribution in [0.2, 0.25) is 0 Å². The largest absolute Gasteiger partial charge is 0.377 e. The molecular weight excluding hydrogens is 230 g/mol. The van der Waals surface area contributed by atoms with Crippen molar-refractivity contribution in [3.8, 4) is 0 Å². The molecule has 1 N–H and O–H groups in total. The predicted molar refractivity (Wildman–Crippen MR) is 69.5 cm³/mol. The minimum Gasteiger partial charge on any atom is -0.377 e. The summed E-state index contributed by atoms with van der Waals surface area (Å²) in [5, 5.41) is 7.87. The molecule has 2 rings (SSSR count). The van der Waals surface area contributed by atoms with Gasteiger partial charge in [-0.3, -0.25) is 4.68 Å². The summed E-state index contributed by atoms with van der Waals surface area (Å²) in [4.78, 5) is 0. The van der Waals surface area contributed by atoms with Crippen LogP contribution < -0.4 is 5.32 Å². The first kappa shape index (κ1) is 13.5. The summed E-state index contributed by atoms with van der Waals surface area (Å²) >= 11 is 0. The summed E-state index contributed by atoms with van der Waals surface area (Å²) in [5.74, 6) is 0. The van der Waals surface area contributed by atoms with Crippen LogP contribution in [0.1, 0.15) is 19.0 Å². The quantitative estimate of drug-likeness (QED) is 0.779. The minimum absolute atomic E-state index is 0.189. The molecule has 1 aromatic rings. The SMILES string of the molecule is CCOC1CC(NCCc2ccn(C)n2)C1OC. The standard InChI is InChI=1S/C13H23N3O2/c1-4-18-12-9-11(13(12)17-3)14-7-5-10-6-8-16(2)15-10/h6,8,11-14H,4-5,7,9H2,1-3H3. The Morgan fingerprint density at radius 1 is 1.56 bits per heavy atom. The maximum atomic E-state index is 5.60. The summed E-state index contributed by atoms with van der Waals surface area (Å²) < 4.78 is 12.9. The van der Waals surface area contributed by atoms with E-state index in [0.717, 1.165) is 31.7 Å². The summed E-state index contributed by atoms with van der Waals surface area (Å²) in [6.07, 6.45) is 4.41. The van der Waals surface area contributed by atoms with Gasteiger partial charge in [0.25, 0.3) is 0 Å². The van der Waals surface area contributed by atoms with E-state index in [1.165, 1.54) is 0 Å². The topological polar surface area (TPSA) is 48.3 Å². The Morgan fingerprint density at radius 2 is 2.39 bits per heavy atom. The third-order valence-corrected chi connectivity index (χ3v) is 3.46. The van der Waals surface area contributed by atoms with Crippen LogP contribution >= 0.6 is 0 Å². The Morgan fingerprint density at radius 3 is 3.00 bits per heavy atom. The van der Waals surface area contributed by atoms with Crippen molar-refractivity contribution >= 4 is 0 Å². The highest BCUT2D eigenvalue weighted by Crippen LogP contribution is 2.26. The molecule has 1 aliphatic carbocycles. The van der Waals surface area contributed by atoms with Gasteiger partial charge < -0.3 is 14.8 Å². The van der Waals surface area contributed by atoms with E-state index in [4.69, 9.17) is 9.47 Å². The highest BCUT2D eigenvalue weighted by atomic mass is 16.5. The summed E-state index contributed by atoms with van der Waals surface area (Å²) in [6.45, 7) is 3.71. The molecule has 1 heterocycles. The van der Waals surface area contributed by atoms with Gasteiger partial charge in [0.2, 0.25) is 0 Å². The Hall–Kier alpha value is -0.910. The molecule has 5 nitrogen and oxygen atoms in total. The van der Waals surface area contributed by atoms with Crippen molar-refractivity contribution in [2.45, 2.75) is 38.0 Å². The van der Waals surface area contributed by atoms with Crippen LogP contribution in [0.3, 0.4) is 0 Å². The van der Waals surface area contributed by atoms with E-state index in [0.29, 0.717) is 6.04 Å². The van der Waals surface area contributed by atoms with Gasteiger partial charge in [-0.2, -0.15) is 5.10 Å². The zero-order valence-electron chi connectivity index (χ0n) is 11.4. The fourth-order valence-corrected chi connectivity index (χ4v) is 2.46. The fraction of sp³-hybridized carbons (Fsp3) is 0.769. The first-order chi connectivity index (χ1) is 8.74. The van der Waals surface area contributed by atoms with Crippen LogP contribution in [0.4, 0.5) is 0 Å².